The molecule has 0 heterocycles. The molecule has 1 atom stereocenters. The number of amides is 1. The molecule has 1 unspecified atom stereocenters. The van der Waals surface area contributed by atoms with E-state index in [1.807, 2.05) is 0 Å². The fourth-order valence-electron chi connectivity index (χ4n) is 1.66. The lowest BCUT2D eigenvalue weighted by Gasteiger charge is -2.15. The standard InChI is InChI=1S/C14H19F3N2O2/c1-3-21-12-6-5-10(14(15,16)17)8-11(12)19-13(20)7-4-9(2)18/h5-6,8-9H,3-4,7,18H2,1-2H3,(H,19,20). The van der Waals surface area contributed by atoms with Gasteiger partial charge in [-0.05, 0) is 38.5 Å². The number of anilines is 1. The van der Waals surface area contributed by atoms with Gasteiger partial charge in [0.05, 0.1) is 17.9 Å². The summed E-state index contributed by atoms with van der Waals surface area (Å²) >= 11 is 0. The van der Waals surface area contributed by atoms with Crippen LogP contribution in [0.1, 0.15) is 32.3 Å². The molecule has 0 aromatic heterocycles. The van der Waals surface area contributed by atoms with Crippen LogP contribution in [0.15, 0.2) is 18.2 Å². The highest BCUT2D eigenvalue weighted by atomic mass is 19.4. The molecule has 1 aromatic carbocycles. The molecule has 118 valence electrons. The van der Waals surface area contributed by atoms with Crippen LogP contribution in [0, 0.1) is 0 Å². The highest BCUT2D eigenvalue weighted by Gasteiger charge is 2.31. The third-order valence-corrected chi connectivity index (χ3v) is 2.71. The quantitative estimate of drug-likeness (QED) is 0.848. The van der Waals surface area contributed by atoms with Gasteiger partial charge in [0.25, 0.3) is 0 Å². The maximum Gasteiger partial charge on any atom is 0.416 e. The van der Waals surface area contributed by atoms with Gasteiger partial charge in [0.1, 0.15) is 5.75 Å². The second-order valence-corrected chi connectivity index (χ2v) is 4.71. The molecule has 7 heteroatoms. The predicted molar refractivity (Wildman–Crippen MR) is 74.1 cm³/mol. The third-order valence-electron chi connectivity index (χ3n) is 2.71. The van der Waals surface area contributed by atoms with Crippen molar-refractivity contribution in [2.45, 2.75) is 38.9 Å². The van der Waals surface area contributed by atoms with Gasteiger partial charge in [-0.15, -0.1) is 0 Å². The normalized spacial score (nSPS) is 12.9. The highest BCUT2D eigenvalue weighted by molar-refractivity contribution is 5.92. The van der Waals surface area contributed by atoms with E-state index in [0.717, 1.165) is 12.1 Å². The first kappa shape index (κ1) is 17.3. The molecule has 0 saturated carbocycles. The van der Waals surface area contributed by atoms with E-state index in [4.69, 9.17) is 10.5 Å². The minimum absolute atomic E-state index is 0.0151. The lowest BCUT2D eigenvalue weighted by molar-refractivity contribution is -0.137. The summed E-state index contributed by atoms with van der Waals surface area (Å²) in [7, 11) is 0. The van der Waals surface area contributed by atoms with Crippen molar-refractivity contribution in [3.05, 3.63) is 23.8 Å². The molecule has 0 aliphatic carbocycles. The van der Waals surface area contributed by atoms with E-state index in [0.29, 0.717) is 6.42 Å². The molecule has 0 aliphatic heterocycles. The van der Waals surface area contributed by atoms with Crippen molar-refractivity contribution >= 4 is 11.6 Å². The number of ether oxygens (including phenoxy) is 1. The number of hydrogen-bond donors (Lipinski definition) is 2. The average molecular weight is 304 g/mol. The zero-order valence-electron chi connectivity index (χ0n) is 12.0. The Bertz CT molecular complexity index is 488. The number of carbonyl (C=O) groups is 1. The van der Waals surface area contributed by atoms with Gasteiger partial charge >= 0.3 is 6.18 Å². The topological polar surface area (TPSA) is 64.3 Å². The summed E-state index contributed by atoms with van der Waals surface area (Å²) in [5, 5.41) is 2.44. The van der Waals surface area contributed by atoms with Gasteiger partial charge in [0, 0.05) is 12.5 Å². The number of rotatable bonds is 6. The molecule has 0 saturated heterocycles. The van der Waals surface area contributed by atoms with E-state index in [2.05, 4.69) is 5.32 Å². The Labute approximate surface area is 121 Å². The summed E-state index contributed by atoms with van der Waals surface area (Å²) in [6, 6.07) is 2.84. The Hall–Kier alpha value is -1.76. The Morgan fingerprint density at radius 2 is 2.10 bits per heavy atom. The van der Waals surface area contributed by atoms with Crippen LogP contribution in [-0.2, 0) is 11.0 Å². The summed E-state index contributed by atoms with van der Waals surface area (Å²) in [6.07, 6.45) is -3.88. The van der Waals surface area contributed by atoms with E-state index < -0.39 is 17.6 Å². The summed E-state index contributed by atoms with van der Waals surface area (Å²) in [5.41, 5.74) is 4.72. The van der Waals surface area contributed by atoms with Crippen LogP contribution in [0.4, 0.5) is 18.9 Å². The summed E-state index contributed by atoms with van der Waals surface area (Å²) in [6.45, 7) is 3.75. The lowest BCUT2D eigenvalue weighted by Crippen LogP contribution is -2.20. The first-order valence-corrected chi connectivity index (χ1v) is 6.63. The number of halogens is 3. The van der Waals surface area contributed by atoms with Gasteiger partial charge < -0.3 is 15.8 Å². The van der Waals surface area contributed by atoms with E-state index in [1.54, 1.807) is 13.8 Å². The second-order valence-electron chi connectivity index (χ2n) is 4.71. The maximum atomic E-state index is 12.7. The molecule has 0 spiro atoms. The van der Waals surface area contributed by atoms with Gasteiger partial charge in [-0.25, -0.2) is 0 Å². The number of hydrogen-bond acceptors (Lipinski definition) is 3. The Morgan fingerprint density at radius 1 is 1.43 bits per heavy atom. The average Bonchev–Trinajstić information content (AvgIpc) is 2.37. The van der Waals surface area contributed by atoms with Gasteiger partial charge in [0.15, 0.2) is 0 Å². The molecule has 1 amide bonds. The first-order valence-electron chi connectivity index (χ1n) is 6.63. The zero-order chi connectivity index (χ0) is 16.0. The zero-order valence-corrected chi connectivity index (χ0v) is 12.0. The van der Waals surface area contributed by atoms with Crippen molar-refractivity contribution in [2.75, 3.05) is 11.9 Å². The van der Waals surface area contributed by atoms with Crippen molar-refractivity contribution in [3.63, 3.8) is 0 Å². The Balaban J connectivity index is 2.93. The Morgan fingerprint density at radius 3 is 2.62 bits per heavy atom. The number of benzene rings is 1. The minimum atomic E-state index is -4.48. The van der Waals surface area contributed by atoms with Crippen molar-refractivity contribution in [2.24, 2.45) is 5.73 Å². The van der Waals surface area contributed by atoms with Crippen LogP contribution in [0.2, 0.25) is 0 Å². The predicted octanol–water partition coefficient (Wildman–Crippen LogP) is 3.17. The van der Waals surface area contributed by atoms with Crippen molar-refractivity contribution < 1.29 is 22.7 Å². The van der Waals surface area contributed by atoms with E-state index >= 15 is 0 Å². The second kappa shape index (κ2) is 7.31. The smallest absolute Gasteiger partial charge is 0.416 e. The van der Waals surface area contributed by atoms with Gasteiger partial charge in [0.2, 0.25) is 5.91 Å². The molecule has 21 heavy (non-hydrogen) atoms. The lowest BCUT2D eigenvalue weighted by atomic mass is 10.1. The van der Waals surface area contributed by atoms with Crippen molar-refractivity contribution in [1.29, 1.82) is 0 Å². The van der Waals surface area contributed by atoms with E-state index in [-0.39, 0.29) is 30.5 Å². The van der Waals surface area contributed by atoms with Crippen LogP contribution in [0.3, 0.4) is 0 Å². The summed E-state index contributed by atoms with van der Waals surface area (Å²) in [4.78, 5) is 11.7. The van der Waals surface area contributed by atoms with Crippen LogP contribution in [0.5, 0.6) is 5.75 Å². The van der Waals surface area contributed by atoms with Crippen LogP contribution in [0.25, 0.3) is 0 Å². The first-order chi connectivity index (χ1) is 9.74. The monoisotopic (exact) mass is 304 g/mol. The maximum absolute atomic E-state index is 12.7. The summed E-state index contributed by atoms with van der Waals surface area (Å²) in [5.74, 6) is -0.188. The fourth-order valence-corrected chi connectivity index (χ4v) is 1.66. The van der Waals surface area contributed by atoms with Crippen molar-refractivity contribution in [1.82, 2.24) is 0 Å². The van der Waals surface area contributed by atoms with Crippen molar-refractivity contribution in [3.8, 4) is 5.75 Å². The van der Waals surface area contributed by atoms with E-state index in [9.17, 15) is 18.0 Å². The SMILES string of the molecule is CCOc1ccc(C(F)(F)F)cc1NC(=O)CCC(C)N. The van der Waals surface area contributed by atoms with Crippen LogP contribution < -0.4 is 15.8 Å². The fraction of sp³-hybridized carbons (Fsp3) is 0.500. The molecule has 1 aromatic rings. The van der Waals surface area contributed by atoms with Gasteiger partial charge in [-0.2, -0.15) is 13.2 Å². The third kappa shape index (κ3) is 5.63. The molecular weight excluding hydrogens is 285 g/mol. The molecule has 0 aliphatic rings. The molecule has 3 N–H and O–H groups in total. The molecule has 1 rings (SSSR count). The largest absolute Gasteiger partial charge is 0.492 e. The molecule has 0 fully saturated rings. The van der Waals surface area contributed by atoms with E-state index in [1.165, 1.54) is 6.07 Å². The number of nitrogens with two attached hydrogens (primary N) is 1. The van der Waals surface area contributed by atoms with Gasteiger partial charge in [-0.3, -0.25) is 4.79 Å². The van der Waals surface area contributed by atoms with Gasteiger partial charge in [-0.1, -0.05) is 0 Å². The summed E-state index contributed by atoms with van der Waals surface area (Å²) < 4.78 is 43.3. The number of carbonyl (C=O) groups excluding carboxylic acids is 1. The molecular formula is C14H19F3N2O2. The van der Waals surface area contributed by atoms with Crippen LogP contribution >= 0.6 is 0 Å². The van der Waals surface area contributed by atoms with Crippen LogP contribution in [-0.4, -0.2) is 18.6 Å². The highest BCUT2D eigenvalue weighted by Crippen LogP contribution is 2.35. The Kier molecular flexibility index (Phi) is 6.02. The number of alkyl halides is 3. The molecule has 4 nitrogen and oxygen atoms in total. The minimum Gasteiger partial charge on any atom is -0.492 e. The molecule has 0 radical (unpaired) electrons. The number of nitrogens with one attached hydrogen (secondary N) is 1. The molecule has 0 bridgehead atoms.